The number of carboxylic acids is 1. The standard InChI is InChI=1S/C12H19N3O4/c1-14(11-8-19-7-10(11)12(17)18)5-9-4-13-15(6-9)2-3-16/h4,6,10-11,16H,2-3,5,7-8H2,1H3,(H,17,18). The van der Waals surface area contributed by atoms with Crippen LogP contribution in [0.1, 0.15) is 5.56 Å². The largest absolute Gasteiger partial charge is 0.481 e. The Kier molecular flexibility index (Phi) is 4.52. The van der Waals surface area contributed by atoms with Gasteiger partial charge in [-0.2, -0.15) is 5.10 Å². The van der Waals surface area contributed by atoms with Crippen LogP contribution in [0.4, 0.5) is 0 Å². The molecule has 2 N–H and O–H groups in total. The molecule has 1 aliphatic heterocycles. The number of nitrogens with zero attached hydrogens (tertiary/aromatic N) is 3. The predicted octanol–water partition coefficient (Wildman–Crippen LogP) is -0.593. The van der Waals surface area contributed by atoms with Crippen LogP contribution >= 0.6 is 0 Å². The summed E-state index contributed by atoms with van der Waals surface area (Å²) >= 11 is 0. The van der Waals surface area contributed by atoms with Crippen LogP contribution in [0.5, 0.6) is 0 Å². The number of hydrogen-bond donors (Lipinski definition) is 2. The summed E-state index contributed by atoms with van der Waals surface area (Å²) in [7, 11) is 1.89. The number of hydrogen-bond acceptors (Lipinski definition) is 5. The average molecular weight is 269 g/mol. The van der Waals surface area contributed by atoms with E-state index in [2.05, 4.69) is 5.10 Å². The lowest BCUT2D eigenvalue weighted by Crippen LogP contribution is -2.40. The first-order valence-corrected chi connectivity index (χ1v) is 6.24. The maximum Gasteiger partial charge on any atom is 0.310 e. The number of likely N-dealkylation sites (N-methyl/N-ethyl adjacent to an activating group) is 1. The van der Waals surface area contributed by atoms with Crippen LogP contribution in [-0.2, 0) is 22.6 Å². The van der Waals surface area contributed by atoms with E-state index in [4.69, 9.17) is 14.9 Å². The third kappa shape index (κ3) is 3.31. The molecule has 1 aromatic rings. The highest BCUT2D eigenvalue weighted by atomic mass is 16.5. The summed E-state index contributed by atoms with van der Waals surface area (Å²) in [5.41, 5.74) is 0.993. The Morgan fingerprint density at radius 2 is 2.42 bits per heavy atom. The Bertz CT molecular complexity index is 434. The molecule has 0 saturated carbocycles. The van der Waals surface area contributed by atoms with Crippen LogP contribution in [-0.4, -0.2) is 63.8 Å². The summed E-state index contributed by atoms with van der Waals surface area (Å²) in [6.45, 7) is 1.85. The first-order chi connectivity index (χ1) is 9.11. The number of rotatable bonds is 6. The first-order valence-electron chi connectivity index (χ1n) is 6.24. The van der Waals surface area contributed by atoms with Crippen LogP contribution in [0, 0.1) is 5.92 Å². The minimum Gasteiger partial charge on any atom is -0.481 e. The van der Waals surface area contributed by atoms with Crippen molar-refractivity contribution in [3.05, 3.63) is 18.0 Å². The van der Waals surface area contributed by atoms with Gasteiger partial charge in [-0.15, -0.1) is 0 Å². The number of carboxylic acid groups (broad SMARTS) is 1. The van der Waals surface area contributed by atoms with Gasteiger partial charge in [-0.3, -0.25) is 14.4 Å². The molecule has 1 saturated heterocycles. The van der Waals surface area contributed by atoms with Gasteiger partial charge in [0.15, 0.2) is 0 Å². The molecular weight excluding hydrogens is 250 g/mol. The van der Waals surface area contributed by atoms with E-state index in [1.807, 2.05) is 18.1 Å². The van der Waals surface area contributed by atoms with Crippen molar-refractivity contribution in [1.82, 2.24) is 14.7 Å². The molecule has 2 rings (SSSR count). The number of aliphatic hydroxyl groups excluding tert-OH is 1. The molecule has 7 heteroatoms. The van der Waals surface area contributed by atoms with E-state index < -0.39 is 11.9 Å². The van der Waals surface area contributed by atoms with Crippen molar-refractivity contribution in [2.45, 2.75) is 19.1 Å². The molecule has 7 nitrogen and oxygen atoms in total. The van der Waals surface area contributed by atoms with E-state index in [-0.39, 0.29) is 19.3 Å². The van der Waals surface area contributed by atoms with Gasteiger partial charge in [0, 0.05) is 24.3 Å². The fourth-order valence-electron chi connectivity index (χ4n) is 2.33. The Balaban J connectivity index is 1.95. The molecule has 1 aliphatic rings. The molecule has 0 amide bonds. The summed E-state index contributed by atoms with van der Waals surface area (Å²) in [6, 6.07) is -0.112. The number of aliphatic carboxylic acids is 1. The quantitative estimate of drug-likeness (QED) is 0.717. The number of ether oxygens (including phenoxy) is 1. The van der Waals surface area contributed by atoms with Gasteiger partial charge < -0.3 is 14.9 Å². The lowest BCUT2D eigenvalue weighted by molar-refractivity contribution is -0.143. The van der Waals surface area contributed by atoms with Crippen LogP contribution in [0.25, 0.3) is 0 Å². The van der Waals surface area contributed by atoms with Gasteiger partial charge in [0.2, 0.25) is 0 Å². The summed E-state index contributed by atoms with van der Waals surface area (Å²) in [4.78, 5) is 13.1. The Labute approximate surface area is 111 Å². The molecular formula is C12H19N3O4. The van der Waals surface area contributed by atoms with E-state index in [1.165, 1.54) is 0 Å². The summed E-state index contributed by atoms with van der Waals surface area (Å²) in [6.07, 6.45) is 3.59. The van der Waals surface area contributed by atoms with Crippen LogP contribution in [0.3, 0.4) is 0 Å². The van der Waals surface area contributed by atoms with E-state index in [0.29, 0.717) is 19.7 Å². The molecule has 0 aromatic carbocycles. The van der Waals surface area contributed by atoms with Crippen molar-refractivity contribution < 1.29 is 19.7 Å². The smallest absolute Gasteiger partial charge is 0.310 e. The van der Waals surface area contributed by atoms with Crippen molar-refractivity contribution in [3.8, 4) is 0 Å². The van der Waals surface area contributed by atoms with Gasteiger partial charge in [-0.25, -0.2) is 0 Å². The molecule has 0 radical (unpaired) electrons. The molecule has 1 fully saturated rings. The van der Waals surface area contributed by atoms with Crippen molar-refractivity contribution in [1.29, 1.82) is 0 Å². The van der Waals surface area contributed by atoms with Crippen LogP contribution in [0.2, 0.25) is 0 Å². The molecule has 0 spiro atoms. The SMILES string of the molecule is CN(Cc1cnn(CCO)c1)C1COCC1C(=O)O. The molecule has 106 valence electrons. The maximum atomic E-state index is 11.1. The van der Waals surface area contributed by atoms with Crippen LogP contribution in [0.15, 0.2) is 12.4 Å². The van der Waals surface area contributed by atoms with E-state index in [1.54, 1.807) is 10.9 Å². The van der Waals surface area contributed by atoms with E-state index in [9.17, 15) is 4.79 Å². The summed E-state index contributed by atoms with van der Waals surface area (Å²) in [5.74, 6) is -1.29. The van der Waals surface area contributed by atoms with Gasteiger partial charge in [0.25, 0.3) is 0 Å². The lowest BCUT2D eigenvalue weighted by atomic mass is 10.0. The third-order valence-electron chi connectivity index (χ3n) is 3.38. The molecule has 1 aromatic heterocycles. The minimum atomic E-state index is -0.815. The zero-order valence-electron chi connectivity index (χ0n) is 10.9. The second-order valence-corrected chi connectivity index (χ2v) is 4.80. The second kappa shape index (κ2) is 6.14. The van der Waals surface area contributed by atoms with Gasteiger partial charge in [0.05, 0.1) is 38.5 Å². The normalized spacial score (nSPS) is 23.1. The van der Waals surface area contributed by atoms with Gasteiger partial charge in [-0.05, 0) is 7.05 Å². The topological polar surface area (TPSA) is 87.8 Å². The van der Waals surface area contributed by atoms with Gasteiger partial charge in [0.1, 0.15) is 0 Å². The molecule has 2 atom stereocenters. The van der Waals surface area contributed by atoms with Crippen molar-refractivity contribution >= 4 is 5.97 Å². The molecule has 2 heterocycles. The van der Waals surface area contributed by atoms with Crippen molar-refractivity contribution in [2.75, 3.05) is 26.9 Å². The average Bonchev–Trinajstić information content (AvgIpc) is 2.98. The highest BCUT2D eigenvalue weighted by Crippen LogP contribution is 2.20. The number of aromatic nitrogens is 2. The van der Waals surface area contributed by atoms with Crippen LogP contribution < -0.4 is 0 Å². The number of aliphatic hydroxyl groups is 1. The molecule has 0 aliphatic carbocycles. The first kappa shape index (κ1) is 14.0. The predicted molar refractivity (Wildman–Crippen MR) is 66.5 cm³/mol. The third-order valence-corrected chi connectivity index (χ3v) is 3.38. The lowest BCUT2D eigenvalue weighted by Gasteiger charge is -2.25. The maximum absolute atomic E-state index is 11.1. The van der Waals surface area contributed by atoms with E-state index in [0.717, 1.165) is 5.56 Å². The van der Waals surface area contributed by atoms with Crippen molar-refractivity contribution in [3.63, 3.8) is 0 Å². The molecule has 19 heavy (non-hydrogen) atoms. The highest BCUT2D eigenvalue weighted by molar-refractivity contribution is 5.71. The Hall–Kier alpha value is -1.44. The fraction of sp³-hybridized carbons (Fsp3) is 0.667. The summed E-state index contributed by atoms with van der Waals surface area (Å²) < 4.78 is 6.93. The minimum absolute atomic E-state index is 0.0501. The monoisotopic (exact) mass is 269 g/mol. The Morgan fingerprint density at radius 1 is 1.63 bits per heavy atom. The van der Waals surface area contributed by atoms with Gasteiger partial charge in [-0.1, -0.05) is 0 Å². The zero-order valence-corrected chi connectivity index (χ0v) is 10.9. The molecule has 0 bridgehead atoms. The van der Waals surface area contributed by atoms with Gasteiger partial charge >= 0.3 is 5.97 Å². The fourth-order valence-corrected chi connectivity index (χ4v) is 2.33. The van der Waals surface area contributed by atoms with Crippen molar-refractivity contribution in [2.24, 2.45) is 5.92 Å². The number of carbonyl (C=O) groups is 1. The summed E-state index contributed by atoms with van der Waals surface area (Å²) in [5, 5.41) is 22.1. The molecule has 2 unspecified atom stereocenters. The second-order valence-electron chi connectivity index (χ2n) is 4.80. The van der Waals surface area contributed by atoms with E-state index >= 15 is 0 Å². The Morgan fingerprint density at radius 3 is 3.11 bits per heavy atom. The zero-order chi connectivity index (χ0) is 13.8. The highest BCUT2D eigenvalue weighted by Gasteiger charge is 2.36.